The zero-order chi connectivity index (χ0) is 17.9. The Kier molecular flexibility index (Phi) is 5.12. The fraction of sp³-hybridized carbons (Fsp3) is 0.500. The fourth-order valence-electron chi connectivity index (χ4n) is 3.06. The second-order valence-corrected chi connectivity index (χ2v) is 7.82. The molecule has 8 heteroatoms. The van der Waals surface area contributed by atoms with Crippen LogP contribution in [0.5, 0.6) is 0 Å². The quantitative estimate of drug-likeness (QED) is 0.722. The van der Waals surface area contributed by atoms with E-state index in [1.54, 1.807) is 4.57 Å². The van der Waals surface area contributed by atoms with Crippen LogP contribution in [0.4, 0.5) is 0 Å². The maximum absolute atomic E-state index is 12.8. The van der Waals surface area contributed by atoms with E-state index in [1.165, 1.54) is 11.8 Å². The van der Waals surface area contributed by atoms with Gasteiger partial charge in [0.2, 0.25) is 5.91 Å². The highest BCUT2D eigenvalue weighted by Gasteiger charge is 2.31. The molecule has 2 fully saturated rings. The largest absolute Gasteiger partial charge is 0.376 e. The lowest BCUT2D eigenvalue weighted by atomic mass is 10.1. The van der Waals surface area contributed by atoms with E-state index < -0.39 is 5.25 Å². The summed E-state index contributed by atoms with van der Waals surface area (Å²) in [6.07, 6.45) is 4.04. The molecule has 0 bridgehead atoms. The number of nitrogens with one attached hydrogen (secondary N) is 2. The summed E-state index contributed by atoms with van der Waals surface area (Å²) < 4.78 is 7.23. The molecule has 0 spiro atoms. The van der Waals surface area contributed by atoms with Gasteiger partial charge in [0.1, 0.15) is 5.25 Å². The number of thioether (sulfide) groups is 1. The molecular weight excluding hydrogens is 352 g/mol. The molecule has 4 rings (SSSR count). The van der Waals surface area contributed by atoms with Crippen molar-refractivity contribution in [1.29, 1.82) is 0 Å². The SMILES string of the molecule is O=C(NC1CC1)[C@@H](Sc1n[nH]c(=O)n1C[C@H]1CCCO1)c1ccccc1. The molecule has 1 saturated heterocycles. The normalized spacial score (nSPS) is 20.8. The minimum Gasteiger partial charge on any atom is -0.376 e. The first kappa shape index (κ1) is 17.4. The summed E-state index contributed by atoms with van der Waals surface area (Å²) >= 11 is 1.30. The summed E-state index contributed by atoms with van der Waals surface area (Å²) in [5, 5.41) is 9.79. The first-order chi connectivity index (χ1) is 12.7. The number of aromatic nitrogens is 3. The van der Waals surface area contributed by atoms with Gasteiger partial charge in [-0.2, -0.15) is 0 Å². The number of ether oxygens (including phenoxy) is 1. The molecule has 138 valence electrons. The van der Waals surface area contributed by atoms with Crippen molar-refractivity contribution in [2.75, 3.05) is 6.61 Å². The smallest absolute Gasteiger partial charge is 0.344 e. The molecule has 0 unspecified atom stereocenters. The fourth-order valence-corrected chi connectivity index (χ4v) is 4.12. The molecule has 2 heterocycles. The predicted octanol–water partition coefficient (Wildman–Crippen LogP) is 1.86. The molecule has 2 N–H and O–H groups in total. The molecule has 1 saturated carbocycles. The summed E-state index contributed by atoms with van der Waals surface area (Å²) in [7, 11) is 0. The van der Waals surface area contributed by atoms with Crippen LogP contribution in [0.2, 0.25) is 0 Å². The van der Waals surface area contributed by atoms with Gasteiger partial charge >= 0.3 is 5.69 Å². The Hall–Kier alpha value is -2.06. The zero-order valence-corrected chi connectivity index (χ0v) is 15.2. The van der Waals surface area contributed by atoms with Crippen molar-refractivity contribution in [3.63, 3.8) is 0 Å². The maximum atomic E-state index is 12.8. The summed E-state index contributed by atoms with van der Waals surface area (Å²) in [5.41, 5.74) is 0.632. The first-order valence-electron chi connectivity index (χ1n) is 8.99. The number of H-pyrrole nitrogens is 1. The van der Waals surface area contributed by atoms with E-state index >= 15 is 0 Å². The molecule has 1 aromatic carbocycles. The average molecular weight is 374 g/mol. The lowest BCUT2D eigenvalue weighted by Gasteiger charge is -2.17. The Morgan fingerprint density at radius 3 is 2.85 bits per heavy atom. The van der Waals surface area contributed by atoms with Crippen molar-refractivity contribution in [1.82, 2.24) is 20.1 Å². The summed E-state index contributed by atoms with van der Waals surface area (Å²) in [4.78, 5) is 25.0. The van der Waals surface area contributed by atoms with Crippen LogP contribution in [0, 0.1) is 0 Å². The second kappa shape index (κ2) is 7.67. The monoisotopic (exact) mass is 374 g/mol. The van der Waals surface area contributed by atoms with Crippen LogP contribution in [0.1, 0.15) is 36.5 Å². The van der Waals surface area contributed by atoms with Gasteiger partial charge in [-0.15, -0.1) is 5.10 Å². The van der Waals surface area contributed by atoms with Crippen LogP contribution in [0.25, 0.3) is 0 Å². The molecule has 2 atom stereocenters. The van der Waals surface area contributed by atoms with Crippen LogP contribution < -0.4 is 11.0 Å². The van der Waals surface area contributed by atoms with Gasteiger partial charge in [-0.3, -0.25) is 9.36 Å². The van der Waals surface area contributed by atoms with Crippen LogP contribution >= 0.6 is 11.8 Å². The number of carbonyl (C=O) groups is 1. The number of rotatable bonds is 7. The van der Waals surface area contributed by atoms with Crippen LogP contribution in [0.15, 0.2) is 40.3 Å². The van der Waals surface area contributed by atoms with Gasteiger partial charge in [-0.05, 0) is 31.2 Å². The molecule has 1 aliphatic heterocycles. The number of amides is 1. The first-order valence-corrected chi connectivity index (χ1v) is 9.87. The average Bonchev–Trinajstić information content (AvgIpc) is 3.19. The standard InChI is InChI=1S/C18H22N4O3S/c23-16(19-13-8-9-13)15(12-5-2-1-3-6-12)26-18-21-20-17(24)22(18)11-14-7-4-10-25-14/h1-3,5-6,13-15H,4,7-11H2,(H,19,23)(H,20,24)/t14-,15+/m1/s1. The highest BCUT2D eigenvalue weighted by atomic mass is 32.2. The van der Waals surface area contributed by atoms with Gasteiger partial charge in [0, 0.05) is 12.6 Å². The molecule has 26 heavy (non-hydrogen) atoms. The predicted molar refractivity (Wildman–Crippen MR) is 98.0 cm³/mol. The van der Waals surface area contributed by atoms with E-state index in [-0.39, 0.29) is 23.7 Å². The van der Waals surface area contributed by atoms with Crippen molar-refractivity contribution in [2.24, 2.45) is 0 Å². The third kappa shape index (κ3) is 4.02. The lowest BCUT2D eigenvalue weighted by molar-refractivity contribution is -0.120. The Bertz CT molecular complexity index is 809. The zero-order valence-electron chi connectivity index (χ0n) is 14.4. The summed E-state index contributed by atoms with van der Waals surface area (Å²) in [5.74, 6) is -0.0391. The summed E-state index contributed by atoms with van der Waals surface area (Å²) in [6.45, 7) is 1.19. The van der Waals surface area contributed by atoms with Gasteiger partial charge in [0.15, 0.2) is 5.16 Å². The molecule has 1 aliphatic carbocycles. The van der Waals surface area contributed by atoms with Gasteiger partial charge in [0.25, 0.3) is 0 Å². The van der Waals surface area contributed by atoms with E-state index in [0.29, 0.717) is 11.7 Å². The van der Waals surface area contributed by atoms with Gasteiger partial charge in [-0.1, -0.05) is 42.1 Å². The van der Waals surface area contributed by atoms with E-state index in [0.717, 1.165) is 37.9 Å². The van der Waals surface area contributed by atoms with Gasteiger partial charge < -0.3 is 10.1 Å². The van der Waals surface area contributed by atoms with Crippen LogP contribution in [-0.2, 0) is 16.1 Å². The maximum Gasteiger partial charge on any atom is 0.344 e. The molecule has 2 aliphatic rings. The highest BCUT2D eigenvalue weighted by Crippen LogP contribution is 2.35. The van der Waals surface area contributed by atoms with Crippen molar-refractivity contribution >= 4 is 17.7 Å². The molecule has 1 aromatic heterocycles. The highest BCUT2D eigenvalue weighted by molar-refractivity contribution is 8.00. The third-order valence-electron chi connectivity index (χ3n) is 4.62. The van der Waals surface area contributed by atoms with Gasteiger partial charge in [-0.25, -0.2) is 9.89 Å². The Labute approximate surface area is 155 Å². The number of nitrogens with zero attached hydrogens (tertiary/aromatic N) is 2. The number of benzene rings is 1. The molecule has 1 amide bonds. The van der Waals surface area contributed by atoms with Crippen molar-refractivity contribution in [3.8, 4) is 0 Å². The van der Waals surface area contributed by atoms with E-state index in [9.17, 15) is 9.59 Å². The van der Waals surface area contributed by atoms with E-state index in [1.807, 2.05) is 30.3 Å². The lowest BCUT2D eigenvalue weighted by Crippen LogP contribution is -2.30. The number of hydrogen-bond acceptors (Lipinski definition) is 5. The van der Waals surface area contributed by atoms with Crippen molar-refractivity contribution in [3.05, 3.63) is 46.4 Å². The Balaban J connectivity index is 1.57. The van der Waals surface area contributed by atoms with Gasteiger partial charge in [0.05, 0.1) is 12.6 Å². The Morgan fingerprint density at radius 1 is 1.35 bits per heavy atom. The molecule has 7 nitrogen and oxygen atoms in total. The number of aromatic amines is 1. The third-order valence-corrected chi connectivity index (χ3v) is 5.87. The minimum absolute atomic E-state index is 0.0279. The number of hydrogen-bond donors (Lipinski definition) is 2. The van der Waals surface area contributed by atoms with Crippen molar-refractivity contribution < 1.29 is 9.53 Å². The minimum atomic E-state index is -0.449. The summed E-state index contributed by atoms with van der Waals surface area (Å²) in [6, 6.07) is 9.89. The number of carbonyl (C=O) groups excluding carboxylic acids is 1. The topological polar surface area (TPSA) is 89.0 Å². The van der Waals surface area contributed by atoms with E-state index in [4.69, 9.17) is 4.74 Å². The van der Waals surface area contributed by atoms with E-state index in [2.05, 4.69) is 15.5 Å². The van der Waals surface area contributed by atoms with Crippen LogP contribution in [0.3, 0.4) is 0 Å². The molecule has 0 radical (unpaired) electrons. The molecular formula is C18H22N4O3S. The second-order valence-electron chi connectivity index (χ2n) is 6.75. The Morgan fingerprint density at radius 2 is 2.15 bits per heavy atom. The van der Waals surface area contributed by atoms with Crippen molar-refractivity contribution in [2.45, 2.75) is 54.8 Å². The molecule has 2 aromatic rings. The van der Waals surface area contributed by atoms with Crippen LogP contribution in [-0.4, -0.2) is 39.4 Å².